The number of nitrogens with one attached hydrogen (secondary N) is 1. The Morgan fingerprint density at radius 2 is 1.93 bits per heavy atom. The summed E-state index contributed by atoms with van der Waals surface area (Å²) in [6.07, 6.45) is 0.132. The molecule has 4 rings (SSSR count). The van der Waals surface area contributed by atoms with Gasteiger partial charge in [-0.3, -0.25) is 9.59 Å². The number of nitrogens with zero attached hydrogens (tertiary/aromatic N) is 1. The minimum absolute atomic E-state index is 0.0880. The molecule has 1 saturated heterocycles. The summed E-state index contributed by atoms with van der Waals surface area (Å²) in [7, 11) is 1.30. The van der Waals surface area contributed by atoms with Crippen LogP contribution < -0.4 is 10.2 Å². The van der Waals surface area contributed by atoms with Gasteiger partial charge in [-0.05, 0) is 22.9 Å². The zero-order valence-corrected chi connectivity index (χ0v) is 16.0. The van der Waals surface area contributed by atoms with Crippen LogP contribution >= 0.6 is 11.3 Å². The van der Waals surface area contributed by atoms with E-state index in [1.54, 1.807) is 16.3 Å². The van der Waals surface area contributed by atoms with Crippen molar-refractivity contribution in [2.24, 2.45) is 5.92 Å². The smallest absolute Gasteiger partial charge is 0.350 e. The summed E-state index contributed by atoms with van der Waals surface area (Å²) in [5.41, 5.74) is 1.22. The Kier molecular flexibility index (Phi) is 4.83. The normalized spacial score (nSPS) is 16.4. The van der Waals surface area contributed by atoms with Gasteiger partial charge in [0.1, 0.15) is 4.88 Å². The van der Waals surface area contributed by atoms with Gasteiger partial charge >= 0.3 is 5.97 Å². The van der Waals surface area contributed by atoms with Crippen LogP contribution in [0.4, 0.5) is 11.4 Å². The Morgan fingerprint density at radius 3 is 2.75 bits per heavy atom. The highest BCUT2D eigenvalue weighted by atomic mass is 32.1. The number of benzene rings is 2. The van der Waals surface area contributed by atoms with E-state index in [9.17, 15) is 14.4 Å². The number of amides is 2. The SMILES string of the molecule is COC(=O)c1sccc1NC(=O)C1CC(=O)N(c2cccc3ccccc23)C1. The highest BCUT2D eigenvalue weighted by Gasteiger charge is 2.36. The lowest BCUT2D eigenvalue weighted by atomic mass is 10.1. The fourth-order valence-corrected chi connectivity index (χ4v) is 4.22. The van der Waals surface area contributed by atoms with E-state index in [-0.39, 0.29) is 18.2 Å². The molecule has 1 aliphatic heterocycles. The fourth-order valence-electron chi connectivity index (χ4n) is 3.45. The van der Waals surface area contributed by atoms with Gasteiger partial charge in [-0.1, -0.05) is 36.4 Å². The minimum Gasteiger partial charge on any atom is -0.465 e. The lowest BCUT2D eigenvalue weighted by molar-refractivity contribution is -0.122. The number of fused-ring (bicyclic) bond motifs is 1. The first-order valence-electron chi connectivity index (χ1n) is 8.83. The Labute approximate surface area is 165 Å². The average molecular weight is 394 g/mol. The van der Waals surface area contributed by atoms with Crippen LogP contribution in [0.25, 0.3) is 10.8 Å². The first-order valence-corrected chi connectivity index (χ1v) is 9.71. The number of hydrogen-bond donors (Lipinski definition) is 1. The van der Waals surface area contributed by atoms with E-state index in [2.05, 4.69) is 5.32 Å². The Hall–Kier alpha value is -3.19. The van der Waals surface area contributed by atoms with Crippen LogP contribution in [0.2, 0.25) is 0 Å². The first kappa shape index (κ1) is 18.2. The second-order valence-corrected chi connectivity index (χ2v) is 7.46. The van der Waals surface area contributed by atoms with Crippen LogP contribution in [0.5, 0.6) is 0 Å². The first-order chi connectivity index (χ1) is 13.6. The third-order valence-corrected chi connectivity index (χ3v) is 5.74. The number of carbonyl (C=O) groups excluding carboxylic acids is 3. The molecule has 0 spiro atoms. The number of esters is 1. The van der Waals surface area contributed by atoms with Gasteiger partial charge in [0, 0.05) is 18.4 Å². The molecule has 2 amide bonds. The number of ether oxygens (including phenoxy) is 1. The van der Waals surface area contributed by atoms with E-state index < -0.39 is 11.9 Å². The molecule has 142 valence electrons. The average Bonchev–Trinajstić information content (AvgIpc) is 3.33. The zero-order valence-electron chi connectivity index (χ0n) is 15.2. The molecule has 6 nitrogen and oxygen atoms in total. The molecule has 1 aliphatic rings. The van der Waals surface area contributed by atoms with Crippen molar-refractivity contribution in [1.82, 2.24) is 0 Å². The largest absolute Gasteiger partial charge is 0.465 e. The lowest BCUT2D eigenvalue weighted by Crippen LogP contribution is -2.28. The molecule has 1 fully saturated rings. The molecule has 0 aliphatic carbocycles. The van der Waals surface area contributed by atoms with Gasteiger partial charge in [0.25, 0.3) is 0 Å². The van der Waals surface area contributed by atoms with Crippen LogP contribution in [0.1, 0.15) is 16.1 Å². The van der Waals surface area contributed by atoms with E-state index >= 15 is 0 Å². The zero-order chi connectivity index (χ0) is 19.7. The van der Waals surface area contributed by atoms with E-state index in [4.69, 9.17) is 4.74 Å². The predicted molar refractivity (Wildman–Crippen MR) is 109 cm³/mol. The van der Waals surface area contributed by atoms with Gasteiger partial charge in [-0.2, -0.15) is 0 Å². The lowest BCUT2D eigenvalue weighted by Gasteiger charge is -2.19. The number of rotatable bonds is 4. The molecule has 7 heteroatoms. The number of anilines is 2. The molecular formula is C21H18N2O4S. The summed E-state index contributed by atoms with van der Waals surface area (Å²) in [6.45, 7) is 0.302. The van der Waals surface area contributed by atoms with E-state index in [0.717, 1.165) is 16.5 Å². The summed E-state index contributed by atoms with van der Waals surface area (Å²) in [5, 5.41) is 6.50. The van der Waals surface area contributed by atoms with Gasteiger partial charge in [0.05, 0.1) is 24.4 Å². The topological polar surface area (TPSA) is 75.7 Å². The summed E-state index contributed by atoms with van der Waals surface area (Å²) < 4.78 is 4.73. The molecule has 0 radical (unpaired) electrons. The van der Waals surface area contributed by atoms with Crippen molar-refractivity contribution in [3.05, 3.63) is 58.8 Å². The van der Waals surface area contributed by atoms with Crippen molar-refractivity contribution in [2.75, 3.05) is 23.9 Å². The molecule has 1 unspecified atom stereocenters. The van der Waals surface area contributed by atoms with Crippen molar-refractivity contribution < 1.29 is 19.1 Å². The molecule has 3 aromatic rings. The maximum Gasteiger partial charge on any atom is 0.350 e. The van der Waals surface area contributed by atoms with Gasteiger partial charge in [-0.25, -0.2) is 4.79 Å². The molecule has 2 heterocycles. The molecule has 0 bridgehead atoms. The molecule has 1 atom stereocenters. The van der Waals surface area contributed by atoms with Crippen molar-refractivity contribution in [2.45, 2.75) is 6.42 Å². The second kappa shape index (κ2) is 7.44. The third-order valence-electron chi connectivity index (χ3n) is 4.85. The van der Waals surface area contributed by atoms with Crippen LogP contribution in [0, 0.1) is 5.92 Å². The predicted octanol–water partition coefficient (Wildman–Crippen LogP) is 3.68. The van der Waals surface area contributed by atoms with Crippen molar-refractivity contribution in [1.29, 1.82) is 0 Å². The summed E-state index contributed by atoms with van der Waals surface area (Å²) in [6, 6.07) is 15.3. The van der Waals surface area contributed by atoms with Crippen LogP contribution in [0.3, 0.4) is 0 Å². The highest BCUT2D eigenvalue weighted by molar-refractivity contribution is 7.12. The van der Waals surface area contributed by atoms with Gasteiger partial charge in [-0.15, -0.1) is 11.3 Å². The Bertz CT molecular complexity index is 1070. The second-order valence-electron chi connectivity index (χ2n) is 6.55. The molecule has 1 aromatic heterocycles. The van der Waals surface area contributed by atoms with Gasteiger partial charge < -0.3 is 15.0 Å². The van der Waals surface area contributed by atoms with Crippen molar-refractivity contribution in [3.8, 4) is 0 Å². The maximum atomic E-state index is 12.7. The Morgan fingerprint density at radius 1 is 1.14 bits per heavy atom. The molecule has 1 N–H and O–H groups in total. The fraction of sp³-hybridized carbons (Fsp3) is 0.190. The molecule has 28 heavy (non-hydrogen) atoms. The Balaban J connectivity index is 1.54. The third kappa shape index (κ3) is 3.25. The van der Waals surface area contributed by atoms with Gasteiger partial charge in [0.2, 0.25) is 11.8 Å². The van der Waals surface area contributed by atoms with Gasteiger partial charge in [0.15, 0.2) is 0 Å². The summed E-state index contributed by atoms with van der Waals surface area (Å²) in [5.74, 6) is -1.35. The van der Waals surface area contributed by atoms with Crippen molar-refractivity contribution in [3.63, 3.8) is 0 Å². The quantitative estimate of drug-likeness (QED) is 0.685. The summed E-state index contributed by atoms with van der Waals surface area (Å²) >= 11 is 1.20. The highest BCUT2D eigenvalue weighted by Crippen LogP contribution is 2.32. The van der Waals surface area contributed by atoms with E-state index in [1.165, 1.54) is 18.4 Å². The molecule has 2 aromatic carbocycles. The molecule has 0 saturated carbocycles. The van der Waals surface area contributed by atoms with E-state index in [1.807, 2.05) is 42.5 Å². The number of carbonyl (C=O) groups is 3. The minimum atomic E-state index is -0.495. The van der Waals surface area contributed by atoms with Crippen LogP contribution in [-0.4, -0.2) is 31.4 Å². The maximum absolute atomic E-state index is 12.7. The number of methoxy groups -OCH3 is 1. The van der Waals surface area contributed by atoms with Crippen LogP contribution in [0.15, 0.2) is 53.9 Å². The number of thiophene rings is 1. The number of hydrogen-bond acceptors (Lipinski definition) is 5. The standard InChI is InChI=1S/C21H18N2O4S/c1-27-21(26)19-16(9-10-28-19)22-20(25)14-11-18(24)23(12-14)17-8-4-6-13-5-2-3-7-15(13)17/h2-10,14H,11-12H2,1H3,(H,22,25). The molecular weight excluding hydrogens is 376 g/mol. The summed E-state index contributed by atoms with van der Waals surface area (Å²) in [4.78, 5) is 39.1. The van der Waals surface area contributed by atoms with Crippen LogP contribution in [-0.2, 0) is 14.3 Å². The van der Waals surface area contributed by atoms with Crippen molar-refractivity contribution >= 4 is 51.3 Å². The monoisotopic (exact) mass is 394 g/mol. The van der Waals surface area contributed by atoms with E-state index in [0.29, 0.717) is 17.1 Å².